The van der Waals surface area contributed by atoms with E-state index in [0.29, 0.717) is 11.2 Å². The summed E-state index contributed by atoms with van der Waals surface area (Å²) in [5.74, 6) is 0.246. The number of hydrogen-bond acceptors (Lipinski definition) is 7. The first-order valence-electron chi connectivity index (χ1n) is 10.5. The van der Waals surface area contributed by atoms with E-state index in [2.05, 4.69) is 20.3 Å². The van der Waals surface area contributed by atoms with Crippen molar-refractivity contribution in [2.24, 2.45) is 0 Å². The molecule has 1 amide bonds. The highest BCUT2D eigenvalue weighted by Crippen LogP contribution is 2.19. The number of piperidine rings is 1. The molecule has 9 nitrogen and oxygen atoms in total. The van der Waals surface area contributed by atoms with E-state index < -0.39 is 18.3 Å². The third-order valence-electron chi connectivity index (χ3n) is 5.24. The normalized spacial score (nSPS) is 18.7. The predicted molar refractivity (Wildman–Crippen MR) is 117 cm³/mol. The number of carbonyl (C=O) groups is 1. The standard InChI is InChI=1S/C22H25FN6O3/c1-14(2)29-19(30)10-24-18-9-25-21(27-20(18)29)26-17-8-16(23)11-28(12-17)22(31)32-13-15-6-4-3-5-7-15/h3-7,9-10,14,16-17H,8,11-13H2,1-2H3,(H,25,26,27)/t16-,17-/m0/s1. The molecule has 2 atom stereocenters. The summed E-state index contributed by atoms with van der Waals surface area (Å²) >= 11 is 0. The Morgan fingerprint density at radius 3 is 2.75 bits per heavy atom. The molecule has 1 saturated heterocycles. The second-order valence-electron chi connectivity index (χ2n) is 8.08. The first kappa shape index (κ1) is 21.7. The number of hydrogen-bond donors (Lipinski definition) is 1. The van der Waals surface area contributed by atoms with Gasteiger partial charge in [0.2, 0.25) is 5.95 Å². The number of alkyl halides is 1. The van der Waals surface area contributed by atoms with Crippen molar-refractivity contribution in [3.8, 4) is 0 Å². The van der Waals surface area contributed by atoms with E-state index in [1.807, 2.05) is 44.2 Å². The molecule has 1 aromatic carbocycles. The van der Waals surface area contributed by atoms with Gasteiger partial charge in [-0.05, 0) is 19.4 Å². The van der Waals surface area contributed by atoms with Crippen molar-refractivity contribution in [3.63, 3.8) is 0 Å². The van der Waals surface area contributed by atoms with Gasteiger partial charge in [0.05, 0.1) is 18.9 Å². The molecule has 3 heterocycles. The van der Waals surface area contributed by atoms with Gasteiger partial charge in [0.25, 0.3) is 5.56 Å². The minimum atomic E-state index is -1.21. The minimum absolute atomic E-state index is 0.0266. The van der Waals surface area contributed by atoms with E-state index in [4.69, 9.17) is 4.74 Å². The maximum absolute atomic E-state index is 14.4. The molecule has 10 heteroatoms. The molecule has 0 saturated carbocycles. The van der Waals surface area contributed by atoms with Gasteiger partial charge in [0.15, 0.2) is 5.65 Å². The largest absolute Gasteiger partial charge is 0.445 e. The highest BCUT2D eigenvalue weighted by molar-refractivity contribution is 5.70. The Morgan fingerprint density at radius 1 is 1.22 bits per heavy atom. The molecule has 1 fully saturated rings. The van der Waals surface area contributed by atoms with Crippen molar-refractivity contribution in [3.05, 3.63) is 58.6 Å². The zero-order chi connectivity index (χ0) is 22.7. The summed E-state index contributed by atoms with van der Waals surface area (Å²) in [5.41, 5.74) is 1.49. The number of nitrogens with zero attached hydrogens (tertiary/aromatic N) is 5. The summed E-state index contributed by atoms with van der Waals surface area (Å²) < 4.78 is 21.3. The average Bonchev–Trinajstić information content (AvgIpc) is 2.77. The monoisotopic (exact) mass is 440 g/mol. The molecular formula is C22H25FN6O3. The molecule has 0 radical (unpaired) electrons. The summed E-state index contributed by atoms with van der Waals surface area (Å²) in [6.07, 6.45) is 1.19. The van der Waals surface area contributed by atoms with Gasteiger partial charge in [-0.25, -0.2) is 19.2 Å². The van der Waals surface area contributed by atoms with E-state index in [-0.39, 0.29) is 43.7 Å². The first-order chi connectivity index (χ1) is 15.4. The number of carbonyl (C=O) groups excluding carboxylic acids is 1. The number of amides is 1. The summed E-state index contributed by atoms with van der Waals surface area (Å²) in [4.78, 5) is 38.8. The molecule has 1 aliphatic heterocycles. The van der Waals surface area contributed by atoms with Gasteiger partial charge in [-0.2, -0.15) is 4.98 Å². The Labute approximate surface area is 184 Å². The van der Waals surface area contributed by atoms with Crippen LogP contribution in [0.2, 0.25) is 0 Å². The Balaban J connectivity index is 1.46. The van der Waals surface area contributed by atoms with Crippen LogP contribution in [0.15, 0.2) is 47.5 Å². The van der Waals surface area contributed by atoms with Gasteiger partial charge in [0, 0.05) is 25.0 Å². The van der Waals surface area contributed by atoms with Crippen molar-refractivity contribution in [2.45, 2.75) is 45.1 Å². The lowest BCUT2D eigenvalue weighted by atomic mass is 10.0. The number of rotatable bonds is 5. The SMILES string of the molecule is CC(C)n1c(=O)cnc2cnc(N[C@H]3C[C@H](F)CN(C(=O)OCc4ccccc4)C3)nc21. The van der Waals surface area contributed by atoms with Crippen LogP contribution in [0.1, 0.15) is 31.9 Å². The summed E-state index contributed by atoms with van der Waals surface area (Å²) in [5, 5.41) is 3.09. The van der Waals surface area contributed by atoms with Crippen molar-refractivity contribution in [2.75, 3.05) is 18.4 Å². The second-order valence-corrected chi connectivity index (χ2v) is 8.08. The zero-order valence-electron chi connectivity index (χ0n) is 17.9. The molecule has 1 aliphatic rings. The topological polar surface area (TPSA) is 102 Å². The second kappa shape index (κ2) is 9.29. The summed E-state index contributed by atoms with van der Waals surface area (Å²) in [6.45, 7) is 4.10. The average molecular weight is 440 g/mol. The molecule has 3 aromatic rings. The van der Waals surface area contributed by atoms with Crippen LogP contribution in [-0.4, -0.2) is 55.8 Å². The highest BCUT2D eigenvalue weighted by atomic mass is 19.1. The maximum atomic E-state index is 14.4. The molecule has 0 bridgehead atoms. The van der Waals surface area contributed by atoms with Crippen molar-refractivity contribution >= 4 is 23.2 Å². The Hall–Kier alpha value is -3.56. The van der Waals surface area contributed by atoms with E-state index in [9.17, 15) is 14.0 Å². The fraction of sp³-hybridized carbons (Fsp3) is 0.409. The molecule has 168 valence electrons. The van der Waals surface area contributed by atoms with Gasteiger partial charge < -0.3 is 15.0 Å². The summed E-state index contributed by atoms with van der Waals surface area (Å²) in [7, 11) is 0. The van der Waals surface area contributed by atoms with Crippen LogP contribution in [-0.2, 0) is 11.3 Å². The lowest BCUT2D eigenvalue weighted by Gasteiger charge is -2.34. The fourth-order valence-electron chi connectivity index (χ4n) is 3.78. The molecule has 0 spiro atoms. The fourth-order valence-corrected chi connectivity index (χ4v) is 3.78. The molecule has 2 aromatic heterocycles. The number of benzene rings is 1. The van der Waals surface area contributed by atoms with Crippen LogP contribution in [0.4, 0.5) is 15.1 Å². The van der Waals surface area contributed by atoms with E-state index in [1.54, 1.807) is 0 Å². The smallest absolute Gasteiger partial charge is 0.410 e. The maximum Gasteiger partial charge on any atom is 0.410 e. The van der Waals surface area contributed by atoms with Crippen LogP contribution in [0.25, 0.3) is 11.2 Å². The van der Waals surface area contributed by atoms with Crippen LogP contribution in [0, 0.1) is 0 Å². The van der Waals surface area contributed by atoms with Crippen LogP contribution in [0.5, 0.6) is 0 Å². The zero-order valence-corrected chi connectivity index (χ0v) is 17.9. The van der Waals surface area contributed by atoms with Crippen molar-refractivity contribution in [1.29, 1.82) is 0 Å². The Kier molecular flexibility index (Phi) is 6.29. The van der Waals surface area contributed by atoms with Gasteiger partial charge >= 0.3 is 6.09 Å². The van der Waals surface area contributed by atoms with Gasteiger partial charge in [-0.3, -0.25) is 9.36 Å². The number of anilines is 1. The van der Waals surface area contributed by atoms with Gasteiger partial charge in [-0.1, -0.05) is 30.3 Å². The third kappa shape index (κ3) is 4.84. The molecule has 1 N–H and O–H groups in total. The number of fused-ring (bicyclic) bond motifs is 1. The van der Waals surface area contributed by atoms with Crippen molar-refractivity contribution < 1.29 is 13.9 Å². The number of nitrogens with one attached hydrogen (secondary N) is 1. The minimum Gasteiger partial charge on any atom is -0.445 e. The predicted octanol–water partition coefficient (Wildman–Crippen LogP) is 2.93. The van der Waals surface area contributed by atoms with E-state index >= 15 is 0 Å². The number of ether oxygens (including phenoxy) is 1. The van der Waals surface area contributed by atoms with Crippen LogP contribution >= 0.6 is 0 Å². The third-order valence-corrected chi connectivity index (χ3v) is 5.24. The Bertz CT molecular complexity index is 1150. The van der Waals surface area contributed by atoms with E-state index in [1.165, 1.54) is 21.9 Å². The van der Waals surface area contributed by atoms with Crippen LogP contribution in [0.3, 0.4) is 0 Å². The first-order valence-corrected chi connectivity index (χ1v) is 10.5. The molecular weight excluding hydrogens is 415 g/mol. The molecule has 0 unspecified atom stereocenters. The molecule has 0 aliphatic carbocycles. The number of aromatic nitrogens is 4. The summed E-state index contributed by atoms with van der Waals surface area (Å²) in [6, 6.07) is 8.79. The van der Waals surface area contributed by atoms with Gasteiger partial charge in [-0.15, -0.1) is 0 Å². The van der Waals surface area contributed by atoms with Gasteiger partial charge in [0.1, 0.15) is 18.3 Å². The number of likely N-dealkylation sites (tertiary alicyclic amines) is 1. The lowest BCUT2D eigenvalue weighted by Crippen LogP contribution is -2.50. The van der Waals surface area contributed by atoms with Crippen molar-refractivity contribution in [1.82, 2.24) is 24.4 Å². The van der Waals surface area contributed by atoms with Crippen LogP contribution < -0.4 is 10.9 Å². The Morgan fingerprint density at radius 2 is 2.00 bits per heavy atom. The highest BCUT2D eigenvalue weighted by Gasteiger charge is 2.31. The lowest BCUT2D eigenvalue weighted by molar-refractivity contribution is 0.0685. The van der Waals surface area contributed by atoms with E-state index in [0.717, 1.165) is 5.56 Å². The molecule has 32 heavy (non-hydrogen) atoms. The quantitative estimate of drug-likeness (QED) is 0.651. The number of halogens is 1. The molecule has 4 rings (SSSR count).